The molecule has 8 heteroatoms. The van der Waals surface area contributed by atoms with E-state index in [0.29, 0.717) is 11.0 Å². The van der Waals surface area contributed by atoms with E-state index in [2.05, 4.69) is 10.3 Å². The predicted octanol–water partition coefficient (Wildman–Crippen LogP) is -1.69. The van der Waals surface area contributed by atoms with E-state index in [1.54, 1.807) is 24.3 Å². The standard InChI is InChI=1S/C10H13N3O3S.Na.H/c1-8(2)7-16-17(14,15)13-10-6-4-3-5-9(10)11-12-13;;/h3-6,8H,7H2,1-2H3;;/q;+1;-1. The molecule has 94 valence electrons. The Morgan fingerprint density at radius 3 is 2.72 bits per heavy atom. The number of aromatic nitrogens is 3. The summed E-state index contributed by atoms with van der Waals surface area (Å²) in [5.41, 5.74) is 0.931. The van der Waals surface area contributed by atoms with Crippen LogP contribution in [0.15, 0.2) is 24.3 Å². The molecule has 18 heavy (non-hydrogen) atoms. The van der Waals surface area contributed by atoms with E-state index in [0.717, 1.165) is 4.09 Å². The zero-order valence-corrected chi connectivity index (χ0v) is 13.4. The molecule has 0 aliphatic rings. The van der Waals surface area contributed by atoms with E-state index >= 15 is 0 Å². The van der Waals surface area contributed by atoms with E-state index in [9.17, 15) is 8.42 Å². The van der Waals surface area contributed by atoms with Gasteiger partial charge in [0.2, 0.25) is 0 Å². The molecule has 2 aromatic rings. The Bertz CT molecular complexity index is 630. The van der Waals surface area contributed by atoms with Crippen molar-refractivity contribution in [1.82, 2.24) is 14.4 Å². The number of nitrogens with zero attached hydrogens (tertiary/aromatic N) is 3. The molecule has 0 atom stereocenters. The molecule has 0 aliphatic carbocycles. The van der Waals surface area contributed by atoms with Gasteiger partial charge in [-0.1, -0.05) is 26.0 Å². The molecule has 0 spiro atoms. The van der Waals surface area contributed by atoms with Crippen LogP contribution in [0.2, 0.25) is 0 Å². The fourth-order valence-corrected chi connectivity index (χ4v) is 2.35. The summed E-state index contributed by atoms with van der Waals surface area (Å²) in [6.45, 7) is 3.86. The number of hydrogen-bond donors (Lipinski definition) is 0. The number of benzene rings is 1. The summed E-state index contributed by atoms with van der Waals surface area (Å²) in [6.07, 6.45) is 0. The van der Waals surface area contributed by atoms with Crippen molar-refractivity contribution in [3.05, 3.63) is 24.3 Å². The van der Waals surface area contributed by atoms with Crippen molar-refractivity contribution in [2.75, 3.05) is 6.61 Å². The molecule has 1 heterocycles. The van der Waals surface area contributed by atoms with Crippen LogP contribution in [-0.4, -0.2) is 29.4 Å². The van der Waals surface area contributed by atoms with Crippen LogP contribution < -0.4 is 29.6 Å². The molecule has 6 nitrogen and oxygen atoms in total. The maximum atomic E-state index is 11.8. The van der Waals surface area contributed by atoms with E-state index in [1.165, 1.54) is 0 Å². The van der Waals surface area contributed by atoms with Crippen LogP contribution in [0.1, 0.15) is 15.3 Å². The molecule has 2 rings (SSSR count). The summed E-state index contributed by atoms with van der Waals surface area (Å²) in [5, 5.41) is 7.36. The third-order valence-corrected chi connectivity index (χ3v) is 3.21. The van der Waals surface area contributed by atoms with Crippen molar-refractivity contribution in [1.29, 1.82) is 0 Å². The molecule has 0 amide bonds. The molecule has 0 unspecified atom stereocenters. The third kappa shape index (κ3) is 3.30. The summed E-state index contributed by atoms with van der Waals surface area (Å²) >= 11 is 0. The van der Waals surface area contributed by atoms with Gasteiger partial charge in [-0.05, 0) is 23.3 Å². The van der Waals surface area contributed by atoms with Crippen molar-refractivity contribution in [2.45, 2.75) is 13.8 Å². The Kier molecular flexibility index (Phi) is 5.30. The van der Waals surface area contributed by atoms with Crippen LogP contribution in [0.4, 0.5) is 0 Å². The largest absolute Gasteiger partial charge is 1.00 e. The molecule has 0 aliphatic heterocycles. The van der Waals surface area contributed by atoms with Gasteiger partial charge in [0.05, 0.1) is 6.61 Å². The normalized spacial score (nSPS) is 11.7. The first-order valence-corrected chi connectivity index (χ1v) is 6.57. The SMILES string of the molecule is CC(C)COS(=O)(=O)n1nnc2ccccc21.[H-].[Na+]. The quantitative estimate of drug-likeness (QED) is 0.625. The Hall–Kier alpha value is -0.470. The van der Waals surface area contributed by atoms with Gasteiger partial charge >= 0.3 is 39.9 Å². The Morgan fingerprint density at radius 2 is 2.06 bits per heavy atom. The molecule has 1 aromatic carbocycles. The molecular weight excluding hydrogens is 265 g/mol. The van der Waals surface area contributed by atoms with Crippen LogP contribution in [0.25, 0.3) is 11.0 Å². The molecule has 1 aromatic heterocycles. The van der Waals surface area contributed by atoms with Gasteiger partial charge in [-0.2, -0.15) is 8.42 Å². The fraction of sp³-hybridized carbons (Fsp3) is 0.400. The monoisotopic (exact) mass is 279 g/mol. The van der Waals surface area contributed by atoms with E-state index in [1.807, 2.05) is 13.8 Å². The van der Waals surface area contributed by atoms with Crippen molar-refractivity contribution < 1.29 is 43.6 Å². The zero-order valence-electron chi connectivity index (χ0n) is 11.6. The van der Waals surface area contributed by atoms with Gasteiger partial charge in [0.15, 0.2) is 0 Å². The molecule has 0 radical (unpaired) electrons. The molecular formula is C10H14N3NaO3S. The van der Waals surface area contributed by atoms with Crippen molar-refractivity contribution in [2.24, 2.45) is 5.92 Å². The molecule has 0 saturated carbocycles. The van der Waals surface area contributed by atoms with Gasteiger partial charge in [-0.15, -0.1) is 9.19 Å². The van der Waals surface area contributed by atoms with Gasteiger partial charge in [-0.3, -0.25) is 4.18 Å². The second-order valence-electron chi connectivity index (χ2n) is 4.06. The molecule has 0 saturated heterocycles. The first-order chi connectivity index (χ1) is 8.00. The minimum absolute atomic E-state index is 0. The van der Waals surface area contributed by atoms with E-state index in [-0.39, 0.29) is 43.5 Å². The Morgan fingerprint density at radius 1 is 1.39 bits per heavy atom. The van der Waals surface area contributed by atoms with E-state index in [4.69, 9.17) is 4.18 Å². The number of para-hydroxylation sites is 1. The van der Waals surface area contributed by atoms with Crippen molar-refractivity contribution in [3.63, 3.8) is 0 Å². The Labute approximate surface area is 129 Å². The smallest absolute Gasteiger partial charge is 1.00 e. The minimum atomic E-state index is -3.90. The summed E-state index contributed by atoms with van der Waals surface area (Å²) in [4.78, 5) is 0. The maximum Gasteiger partial charge on any atom is 1.00 e. The van der Waals surface area contributed by atoms with Gasteiger partial charge in [0, 0.05) is 0 Å². The van der Waals surface area contributed by atoms with E-state index < -0.39 is 10.3 Å². The van der Waals surface area contributed by atoms with Gasteiger partial charge in [0.25, 0.3) is 0 Å². The predicted molar refractivity (Wildman–Crippen MR) is 63.7 cm³/mol. The van der Waals surface area contributed by atoms with Crippen molar-refractivity contribution in [3.8, 4) is 0 Å². The first kappa shape index (κ1) is 15.6. The first-order valence-electron chi connectivity index (χ1n) is 5.21. The average Bonchev–Trinajstić information content (AvgIpc) is 2.71. The average molecular weight is 279 g/mol. The minimum Gasteiger partial charge on any atom is -1.00 e. The van der Waals surface area contributed by atoms with Crippen molar-refractivity contribution >= 4 is 21.3 Å². The molecule has 0 fully saturated rings. The fourth-order valence-electron chi connectivity index (χ4n) is 1.28. The van der Waals surface area contributed by atoms with Gasteiger partial charge in [-0.25, -0.2) is 0 Å². The van der Waals surface area contributed by atoms with Crippen LogP contribution in [0, 0.1) is 5.92 Å². The van der Waals surface area contributed by atoms with Crippen LogP contribution >= 0.6 is 0 Å². The van der Waals surface area contributed by atoms with Gasteiger partial charge in [0.1, 0.15) is 11.0 Å². The summed E-state index contributed by atoms with van der Waals surface area (Å²) < 4.78 is 29.4. The molecule has 0 N–H and O–H groups in total. The summed E-state index contributed by atoms with van der Waals surface area (Å²) in [5.74, 6) is 0.125. The topological polar surface area (TPSA) is 74.1 Å². The second kappa shape index (κ2) is 6.12. The third-order valence-electron chi connectivity index (χ3n) is 2.08. The van der Waals surface area contributed by atoms with Crippen LogP contribution in [0.5, 0.6) is 0 Å². The number of rotatable bonds is 4. The summed E-state index contributed by atoms with van der Waals surface area (Å²) in [6, 6.07) is 6.81. The zero-order chi connectivity index (χ0) is 12.5. The summed E-state index contributed by atoms with van der Waals surface area (Å²) in [7, 11) is -3.90. The maximum absolute atomic E-state index is 11.8. The second-order valence-corrected chi connectivity index (χ2v) is 5.49. The number of hydrogen-bond acceptors (Lipinski definition) is 5. The van der Waals surface area contributed by atoms with Crippen LogP contribution in [0.3, 0.4) is 0 Å². The van der Waals surface area contributed by atoms with Crippen LogP contribution in [-0.2, 0) is 14.5 Å². The molecule has 0 bridgehead atoms. The Balaban J connectivity index is 0.00000162. The van der Waals surface area contributed by atoms with Gasteiger partial charge < -0.3 is 1.43 Å². The number of fused-ring (bicyclic) bond motifs is 1.